The summed E-state index contributed by atoms with van der Waals surface area (Å²) >= 11 is 0. The van der Waals surface area contributed by atoms with E-state index in [2.05, 4.69) is 54.5 Å². The van der Waals surface area contributed by atoms with Crippen LogP contribution in [0.2, 0.25) is 0 Å². The number of nitrogens with one attached hydrogen (secondary N) is 2. The minimum atomic E-state index is 0. The topological polar surface area (TPSA) is 76.4 Å². The molecule has 1 aliphatic carbocycles. The van der Waals surface area contributed by atoms with Crippen molar-refractivity contribution in [3.63, 3.8) is 0 Å². The van der Waals surface area contributed by atoms with E-state index in [1.165, 1.54) is 24.1 Å². The van der Waals surface area contributed by atoms with Gasteiger partial charge in [-0.25, -0.2) is 9.98 Å². The highest BCUT2D eigenvalue weighted by molar-refractivity contribution is 14.0. The molecule has 0 aliphatic heterocycles. The van der Waals surface area contributed by atoms with Crippen molar-refractivity contribution in [1.82, 2.24) is 25.4 Å². The number of aliphatic imine (C=N–C) groups is 1. The average Bonchev–Trinajstić information content (AvgIpc) is 3.31. The fraction of sp³-hybridized carbons (Fsp3) is 0.609. The molecule has 0 spiro atoms. The van der Waals surface area contributed by atoms with Crippen molar-refractivity contribution in [1.29, 1.82) is 0 Å². The van der Waals surface area contributed by atoms with Crippen LogP contribution < -0.4 is 15.4 Å². The van der Waals surface area contributed by atoms with Crippen LogP contribution in [0.4, 0.5) is 0 Å². The Balaban J connectivity index is 0.00000341. The van der Waals surface area contributed by atoms with Crippen molar-refractivity contribution < 1.29 is 4.74 Å². The second-order valence-corrected chi connectivity index (χ2v) is 8.21. The summed E-state index contributed by atoms with van der Waals surface area (Å²) in [6.07, 6.45) is 7.71. The van der Waals surface area contributed by atoms with Crippen molar-refractivity contribution in [3.8, 4) is 5.88 Å². The van der Waals surface area contributed by atoms with Gasteiger partial charge in [-0.2, -0.15) is 5.10 Å². The zero-order chi connectivity index (χ0) is 21.5. The van der Waals surface area contributed by atoms with Gasteiger partial charge in [0.25, 0.3) is 0 Å². The first-order valence-corrected chi connectivity index (χ1v) is 11.1. The largest absolute Gasteiger partial charge is 0.474 e. The lowest BCUT2D eigenvalue weighted by atomic mass is 10.1. The van der Waals surface area contributed by atoms with E-state index in [4.69, 9.17) is 9.73 Å². The number of aromatic nitrogens is 3. The number of halogens is 1. The third-order valence-corrected chi connectivity index (χ3v) is 5.73. The standard InChI is InChI=1S/C23H36N6O.HI/c1-6-24-23(27-16(2)14-21-17(3)28-29(5)18(21)4)26-15-19-10-9-13-25-22(19)30-20-11-7-8-12-20;/h9-10,13,16,20H,6-8,11-12,14-15H2,1-5H3,(H2,24,26,27);1H. The zero-order valence-corrected chi connectivity index (χ0v) is 21.8. The number of pyridine rings is 1. The van der Waals surface area contributed by atoms with Crippen molar-refractivity contribution in [2.75, 3.05) is 6.54 Å². The molecular weight excluding hydrogens is 503 g/mol. The molecule has 0 bridgehead atoms. The van der Waals surface area contributed by atoms with Crippen molar-refractivity contribution >= 4 is 29.9 Å². The Labute approximate surface area is 203 Å². The number of aryl methyl sites for hydroxylation is 2. The third kappa shape index (κ3) is 7.08. The summed E-state index contributed by atoms with van der Waals surface area (Å²) in [6, 6.07) is 4.23. The van der Waals surface area contributed by atoms with E-state index in [0.717, 1.165) is 48.9 Å². The van der Waals surface area contributed by atoms with Crippen LogP contribution in [0, 0.1) is 13.8 Å². The summed E-state index contributed by atoms with van der Waals surface area (Å²) in [5.41, 5.74) is 4.63. The van der Waals surface area contributed by atoms with E-state index >= 15 is 0 Å². The van der Waals surface area contributed by atoms with Crippen LogP contribution in [0.15, 0.2) is 23.3 Å². The zero-order valence-electron chi connectivity index (χ0n) is 19.4. The van der Waals surface area contributed by atoms with Crippen LogP contribution in [-0.4, -0.2) is 39.4 Å². The molecule has 1 fully saturated rings. The van der Waals surface area contributed by atoms with Crippen LogP contribution in [0.1, 0.15) is 62.0 Å². The highest BCUT2D eigenvalue weighted by Gasteiger charge is 2.19. The Hall–Kier alpha value is -1.84. The molecule has 3 rings (SSSR count). The van der Waals surface area contributed by atoms with Gasteiger partial charge in [0.2, 0.25) is 5.88 Å². The van der Waals surface area contributed by atoms with Crippen molar-refractivity contribution in [2.45, 2.75) is 78.5 Å². The maximum Gasteiger partial charge on any atom is 0.218 e. The first kappa shape index (κ1) is 25.4. The Bertz CT molecular complexity index is 860. The summed E-state index contributed by atoms with van der Waals surface area (Å²) < 4.78 is 8.11. The molecule has 7 nitrogen and oxygen atoms in total. The molecule has 1 unspecified atom stereocenters. The SMILES string of the molecule is CCNC(=NCc1cccnc1OC1CCCC1)NC(C)Cc1c(C)nn(C)c1C.I. The van der Waals surface area contributed by atoms with E-state index in [0.29, 0.717) is 12.6 Å². The first-order valence-electron chi connectivity index (χ1n) is 11.1. The molecule has 2 N–H and O–H groups in total. The Kier molecular flexibility index (Phi) is 10.1. The third-order valence-electron chi connectivity index (χ3n) is 5.73. The van der Waals surface area contributed by atoms with Gasteiger partial charge in [-0.15, -0.1) is 24.0 Å². The number of rotatable bonds is 8. The van der Waals surface area contributed by atoms with E-state index in [9.17, 15) is 0 Å². The summed E-state index contributed by atoms with van der Waals surface area (Å²) in [6.45, 7) is 9.79. The molecule has 0 saturated heterocycles. The fourth-order valence-electron chi connectivity index (χ4n) is 4.00. The minimum absolute atomic E-state index is 0. The molecule has 2 aromatic heterocycles. The van der Waals surface area contributed by atoms with E-state index in [1.54, 1.807) is 6.20 Å². The molecule has 0 radical (unpaired) electrons. The maximum absolute atomic E-state index is 6.16. The van der Waals surface area contributed by atoms with Crippen molar-refractivity contribution in [2.24, 2.45) is 12.0 Å². The van der Waals surface area contributed by atoms with Gasteiger partial charge in [0.1, 0.15) is 6.10 Å². The molecule has 172 valence electrons. The predicted octanol–water partition coefficient (Wildman–Crippen LogP) is 4.06. The van der Waals surface area contributed by atoms with Gasteiger partial charge < -0.3 is 15.4 Å². The van der Waals surface area contributed by atoms with E-state index in [-0.39, 0.29) is 30.0 Å². The Morgan fingerprint density at radius 1 is 1.32 bits per heavy atom. The molecule has 1 saturated carbocycles. The molecule has 2 aromatic rings. The van der Waals surface area contributed by atoms with E-state index < -0.39 is 0 Å². The van der Waals surface area contributed by atoms with Gasteiger partial charge in [-0.05, 0) is 71.4 Å². The second kappa shape index (κ2) is 12.3. The van der Waals surface area contributed by atoms with Gasteiger partial charge in [-0.3, -0.25) is 4.68 Å². The summed E-state index contributed by atoms with van der Waals surface area (Å²) in [5, 5.41) is 11.4. The second-order valence-electron chi connectivity index (χ2n) is 8.21. The lowest BCUT2D eigenvalue weighted by molar-refractivity contribution is 0.199. The van der Waals surface area contributed by atoms with Crippen LogP contribution >= 0.6 is 24.0 Å². The van der Waals surface area contributed by atoms with Crippen LogP contribution in [0.25, 0.3) is 0 Å². The van der Waals surface area contributed by atoms with Crippen LogP contribution in [-0.2, 0) is 20.0 Å². The summed E-state index contributed by atoms with van der Waals surface area (Å²) in [5.74, 6) is 1.53. The lowest BCUT2D eigenvalue weighted by Crippen LogP contribution is -2.43. The molecule has 0 amide bonds. The smallest absolute Gasteiger partial charge is 0.218 e. The number of guanidine groups is 1. The average molecular weight is 540 g/mol. The number of hydrogen-bond donors (Lipinski definition) is 2. The molecular formula is C23H37IN6O. The lowest BCUT2D eigenvalue weighted by Gasteiger charge is -2.19. The number of hydrogen-bond acceptors (Lipinski definition) is 4. The normalized spacial score (nSPS) is 15.5. The number of ether oxygens (including phenoxy) is 1. The molecule has 0 aromatic carbocycles. The predicted molar refractivity (Wildman–Crippen MR) is 136 cm³/mol. The maximum atomic E-state index is 6.16. The van der Waals surface area contributed by atoms with Crippen LogP contribution in [0.5, 0.6) is 5.88 Å². The highest BCUT2D eigenvalue weighted by atomic mass is 127. The van der Waals surface area contributed by atoms with E-state index in [1.807, 2.05) is 17.8 Å². The summed E-state index contributed by atoms with van der Waals surface area (Å²) in [4.78, 5) is 9.27. The molecule has 8 heteroatoms. The Morgan fingerprint density at radius 2 is 2.06 bits per heavy atom. The summed E-state index contributed by atoms with van der Waals surface area (Å²) in [7, 11) is 1.99. The molecule has 1 aliphatic rings. The molecule has 31 heavy (non-hydrogen) atoms. The van der Waals surface area contributed by atoms with Gasteiger partial charge in [0, 0.05) is 37.1 Å². The van der Waals surface area contributed by atoms with Gasteiger partial charge >= 0.3 is 0 Å². The monoisotopic (exact) mass is 540 g/mol. The van der Waals surface area contributed by atoms with Crippen molar-refractivity contribution in [3.05, 3.63) is 40.8 Å². The van der Waals surface area contributed by atoms with Crippen LogP contribution in [0.3, 0.4) is 0 Å². The quantitative estimate of drug-likeness (QED) is 0.300. The Morgan fingerprint density at radius 3 is 2.71 bits per heavy atom. The fourth-order valence-corrected chi connectivity index (χ4v) is 4.00. The van der Waals surface area contributed by atoms with Gasteiger partial charge in [-0.1, -0.05) is 6.07 Å². The first-order chi connectivity index (χ1) is 14.5. The highest BCUT2D eigenvalue weighted by Crippen LogP contribution is 2.25. The molecule has 1 atom stereocenters. The van der Waals surface area contributed by atoms with Gasteiger partial charge in [0.05, 0.1) is 12.2 Å². The molecule has 2 heterocycles. The minimum Gasteiger partial charge on any atom is -0.474 e. The van der Waals surface area contributed by atoms with Gasteiger partial charge in [0.15, 0.2) is 5.96 Å². The number of nitrogens with zero attached hydrogens (tertiary/aromatic N) is 4.